The molecule has 3 aromatic carbocycles. The zero-order chi connectivity index (χ0) is 22.0. The predicted octanol–water partition coefficient (Wildman–Crippen LogP) is 3.39. The molecule has 1 N–H and O–H groups in total. The molecule has 0 bridgehead atoms. The van der Waals surface area contributed by atoms with Crippen molar-refractivity contribution in [1.82, 2.24) is 4.83 Å². The summed E-state index contributed by atoms with van der Waals surface area (Å²) in [6.07, 6.45) is 1.46. The number of halogens is 2. The SMILES string of the molecule is Cc1ccc(S(=O)(=O)NN=Cc2ccccc2)cc1.FC(F)Oc1cc[c]([Na])cc1. The summed E-state index contributed by atoms with van der Waals surface area (Å²) in [5, 5.41) is 3.75. The summed E-state index contributed by atoms with van der Waals surface area (Å²) in [7, 11) is -3.60. The van der Waals surface area contributed by atoms with Crippen LogP contribution < -0.4 is 12.4 Å². The number of nitrogens with zero attached hydrogens (tertiary/aromatic N) is 1. The van der Waals surface area contributed by atoms with Crippen molar-refractivity contribution in [3.63, 3.8) is 0 Å². The van der Waals surface area contributed by atoms with Crippen molar-refractivity contribution < 1.29 is 21.9 Å². The summed E-state index contributed by atoms with van der Waals surface area (Å²) >= 11 is 0.927. The van der Waals surface area contributed by atoms with Gasteiger partial charge in [0.05, 0.1) is 11.1 Å². The van der Waals surface area contributed by atoms with Crippen LogP contribution in [0.4, 0.5) is 8.78 Å². The summed E-state index contributed by atoms with van der Waals surface area (Å²) < 4.78 is 52.3. The van der Waals surface area contributed by atoms with Gasteiger partial charge in [0.2, 0.25) is 0 Å². The fourth-order valence-electron chi connectivity index (χ4n) is 2.20. The van der Waals surface area contributed by atoms with Gasteiger partial charge in [0, 0.05) is 0 Å². The van der Waals surface area contributed by atoms with Crippen LogP contribution in [0.5, 0.6) is 5.75 Å². The van der Waals surface area contributed by atoms with Crippen molar-refractivity contribution in [3.05, 3.63) is 90.0 Å². The number of benzene rings is 3. The number of hydrazone groups is 1. The van der Waals surface area contributed by atoms with Crippen molar-refractivity contribution in [2.24, 2.45) is 5.10 Å². The number of ether oxygens (including phenoxy) is 1. The number of nitrogens with one attached hydrogen (secondary N) is 1. The molecule has 0 atom stereocenters. The van der Waals surface area contributed by atoms with Gasteiger partial charge < -0.3 is 0 Å². The van der Waals surface area contributed by atoms with Crippen LogP contribution in [0.25, 0.3) is 0 Å². The van der Waals surface area contributed by atoms with E-state index in [1.54, 1.807) is 48.5 Å². The molecule has 0 fully saturated rings. The summed E-state index contributed by atoms with van der Waals surface area (Å²) in [4.78, 5) is 2.38. The maximum absolute atomic E-state index is 11.9. The van der Waals surface area contributed by atoms with E-state index in [1.165, 1.54) is 6.21 Å². The quantitative estimate of drug-likeness (QED) is 0.363. The van der Waals surface area contributed by atoms with Gasteiger partial charge >= 0.3 is 80.9 Å². The van der Waals surface area contributed by atoms with Gasteiger partial charge in [-0.25, -0.2) is 4.83 Å². The summed E-state index contributed by atoms with van der Waals surface area (Å²) in [6, 6.07) is 22.5. The molecule has 0 aliphatic heterocycles. The fourth-order valence-corrected chi connectivity index (χ4v) is 3.32. The third-order valence-electron chi connectivity index (χ3n) is 3.76. The molecule has 0 saturated carbocycles. The Morgan fingerprint density at radius 1 is 0.967 bits per heavy atom. The number of aryl methyl sites for hydroxylation is 1. The third-order valence-corrected chi connectivity index (χ3v) is 5.67. The van der Waals surface area contributed by atoms with Gasteiger partial charge in [0.15, 0.2) is 0 Å². The average Bonchev–Trinajstić information content (AvgIpc) is 2.71. The molecule has 5 nitrogen and oxygen atoms in total. The molecule has 152 valence electrons. The van der Waals surface area contributed by atoms with Crippen LogP contribution in [0, 0.1) is 6.92 Å². The third kappa shape index (κ3) is 8.62. The van der Waals surface area contributed by atoms with Gasteiger partial charge in [-0.05, 0) is 24.6 Å². The molecule has 0 radical (unpaired) electrons. The first-order chi connectivity index (χ1) is 14.3. The average molecular weight is 440 g/mol. The van der Waals surface area contributed by atoms with E-state index in [2.05, 4.69) is 14.7 Å². The topological polar surface area (TPSA) is 67.8 Å². The first kappa shape index (κ1) is 24.0. The van der Waals surface area contributed by atoms with Gasteiger partial charge in [-0.2, -0.15) is 13.5 Å². The van der Waals surface area contributed by atoms with Gasteiger partial charge in [-0.3, -0.25) is 0 Å². The van der Waals surface area contributed by atoms with Crippen LogP contribution in [0.1, 0.15) is 11.1 Å². The zero-order valence-electron chi connectivity index (χ0n) is 16.5. The molecule has 0 spiro atoms. The summed E-state index contributed by atoms with van der Waals surface area (Å²) in [6.45, 7) is -0.827. The second-order valence-electron chi connectivity index (χ2n) is 6.27. The van der Waals surface area contributed by atoms with Crippen LogP contribution in [0.15, 0.2) is 88.9 Å². The number of rotatable bonds is 6. The second kappa shape index (κ2) is 11.8. The van der Waals surface area contributed by atoms with E-state index in [0.717, 1.165) is 41.9 Å². The van der Waals surface area contributed by atoms with Crippen molar-refractivity contribution in [1.29, 1.82) is 0 Å². The second-order valence-corrected chi connectivity index (χ2v) is 9.08. The van der Waals surface area contributed by atoms with Crippen molar-refractivity contribution >= 4 is 47.0 Å². The number of hydrogen-bond donors (Lipinski definition) is 1. The van der Waals surface area contributed by atoms with Gasteiger partial charge in [-0.1, -0.05) is 48.0 Å². The van der Waals surface area contributed by atoms with Crippen LogP contribution in [-0.2, 0) is 10.0 Å². The number of hydrogen-bond acceptors (Lipinski definition) is 4. The van der Waals surface area contributed by atoms with Crippen molar-refractivity contribution in [2.45, 2.75) is 18.4 Å². The zero-order valence-corrected chi connectivity index (χ0v) is 19.3. The van der Waals surface area contributed by atoms with E-state index in [4.69, 9.17) is 0 Å². The van der Waals surface area contributed by atoms with Gasteiger partial charge in [0.1, 0.15) is 0 Å². The van der Waals surface area contributed by atoms with Crippen LogP contribution in [0.2, 0.25) is 0 Å². The maximum atomic E-state index is 11.9. The molecule has 0 aliphatic rings. The van der Waals surface area contributed by atoms with E-state index in [-0.39, 0.29) is 10.6 Å². The minimum atomic E-state index is -3.60. The first-order valence-corrected chi connectivity index (χ1v) is 11.4. The Labute approximate surface area is 192 Å². The minimum absolute atomic E-state index is 0.198. The molecule has 0 heterocycles. The summed E-state index contributed by atoms with van der Waals surface area (Å²) in [5.41, 5.74) is 1.83. The number of alkyl halides is 2. The van der Waals surface area contributed by atoms with E-state index in [9.17, 15) is 17.2 Å². The van der Waals surface area contributed by atoms with Crippen LogP contribution >= 0.6 is 0 Å². The monoisotopic (exact) mass is 440 g/mol. The molecule has 30 heavy (non-hydrogen) atoms. The molecular weight excluding hydrogens is 421 g/mol. The molecular formula is C21H19F2N2NaO3S. The fraction of sp³-hybridized carbons (Fsp3) is 0.0952. The Balaban J connectivity index is 0.000000248. The molecule has 0 aliphatic carbocycles. The molecule has 9 heteroatoms. The molecule has 0 saturated heterocycles. The summed E-state index contributed by atoms with van der Waals surface area (Å²) in [5.74, 6) is 0.222. The Morgan fingerprint density at radius 3 is 2.13 bits per heavy atom. The number of sulfonamides is 1. The molecule has 0 unspecified atom stereocenters. The Bertz CT molecular complexity index is 1040. The van der Waals surface area contributed by atoms with E-state index in [0.29, 0.717) is 0 Å². The first-order valence-electron chi connectivity index (χ1n) is 8.94. The Morgan fingerprint density at radius 2 is 1.57 bits per heavy atom. The molecule has 0 aromatic heterocycles. The van der Waals surface area contributed by atoms with Gasteiger partial charge in [-0.15, -0.1) is 0 Å². The standard InChI is InChI=1S/C14H14N2O2S.C7H5F2O.Na/c1-12-7-9-14(10-8-12)19(17,18)16-15-11-13-5-3-2-4-6-13;8-7(9)10-6-4-2-1-3-5-6;/h2-11,16H,1H3;2-5,7H;. The Kier molecular flexibility index (Phi) is 9.45. The van der Waals surface area contributed by atoms with E-state index in [1.807, 2.05) is 37.3 Å². The van der Waals surface area contributed by atoms with Crippen LogP contribution in [-0.4, -0.2) is 49.2 Å². The Hall–Kier alpha value is -2.26. The van der Waals surface area contributed by atoms with Crippen molar-refractivity contribution in [3.8, 4) is 5.75 Å². The van der Waals surface area contributed by atoms with Crippen LogP contribution in [0.3, 0.4) is 0 Å². The van der Waals surface area contributed by atoms with E-state index >= 15 is 0 Å². The van der Waals surface area contributed by atoms with Crippen molar-refractivity contribution in [2.75, 3.05) is 0 Å². The van der Waals surface area contributed by atoms with E-state index < -0.39 is 16.6 Å². The molecule has 3 rings (SSSR count). The normalized spacial score (nSPS) is 11.1. The molecule has 3 aromatic rings. The molecule has 0 amide bonds. The predicted molar refractivity (Wildman–Crippen MR) is 114 cm³/mol. The van der Waals surface area contributed by atoms with Gasteiger partial charge in [0.25, 0.3) is 10.0 Å².